The summed E-state index contributed by atoms with van der Waals surface area (Å²) in [5.41, 5.74) is 14.8. The molecule has 51 heavy (non-hydrogen) atoms. The topological polar surface area (TPSA) is 0 Å². The van der Waals surface area contributed by atoms with Crippen LogP contribution in [-0.4, -0.2) is 5.92 Å². The van der Waals surface area contributed by atoms with Crippen molar-refractivity contribution in [2.75, 3.05) is 0 Å². The van der Waals surface area contributed by atoms with Crippen molar-refractivity contribution < 1.29 is 15.6 Å². The molecule has 0 aromatic heterocycles. The zero-order valence-corrected chi connectivity index (χ0v) is 35.7. The third-order valence-corrected chi connectivity index (χ3v) is 63.9. The molecule has 4 heteroatoms. The molecular weight excluding hydrogens is 755 g/mol. The van der Waals surface area contributed by atoms with Gasteiger partial charge in [0, 0.05) is 0 Å². The van der Waals surface area contributed by atoms with Gasteiger partial charge < -0.3 is 0 Å². The third-order valence-electron chi connectivity index (χ3n) is 12.2. The van der Waals surface area contributed by atoms with E-state index in [0.717, 1.165) is 12.8 Å². The Morgan fingerprint density at radius 3 is 1.76 bits per heavy atom. The summed E-state index contributed by atoms with van der Waals surface area (Å²) < 4.78 is 0.133. The summed E-state index contributed by atoms with van der Waals surface area (Å²) in [7, 11) is 17.8. The second kappa shape index (κ2) is 13.1. The fraction of sp³-hybridized carbons (Fsp3) is 0.234. The molecule has 0 saturated carbocycles. The Labute approximate surface area is 313 Å². The van der Waals surface area contributed by atoms with Gasteiger partial charge in [-0.05, 0) is 0 Å². The number of aryl methyl sites for hydroxylation is 1. The van der Waals surface area contributed by atoms with Crippen LogP contribution < -0.4 is 0 Å². The Kier molecular flexibility index (Phi) is 9.03. The predicted molar refractivity (Wildman–Crippen MR) is 225 cm³/mol. The van der Waals surface area contributed by atoms with E-state index in [2.05, 4.69) is 168 Å². The second-order valence-corrected chi connectivity index (χ2v) is 58.1. The Hall–Kier alpha value is -3.00. The second-order valence-electron chi connectivity index (χ2n) is 15.6. The Morgan fingerprint density at radius 1 is 0.627 bits per heavy atom. The zero-order valence-electron chi connectivity index (χ0n) is 30.6. The summed E-state index contributed by atoms with van der Waals surface area (Å²) in [6, 6.07) is 42.6. The van der Waals surface area contributed by atoms with Gasteiger partial charge in [-0.2, -0.15) is 0 Å². The number of benzene rings is 6. The van der Waals surface area contributed by atoms with Gasteiger partial charge in [-0.1, -0.05) is 0 Å². The van der Waals surface area contributed by atoms with E-state index in [-0.39, 0.29) is 7.25 Å². The van der Waals surface area contributed by atoms with Gasteiger partial charge >= 0.3 is 315 Å². The molecule has 0 fully saturated rings. The fourth-order valence-electron chi connectivity index (χ4n) is 9.64. The number of hydrogen-bond acceptors (Lipinski definition) is 0. The van der Waals surface area contributed by atoms with Crippen molar-refractivity contribution in [3.63, 3.8) is 0 Å². The number of rotatable bonds is 8. The molecule has 0 amide bonds. The van der Waals surface area contributed by atoms with E-state index < -0.39 is 21.5 Å². The van der Waals surface area contributed by atoms with Crippen molar-refractivity contribution in [1.82, 2.24) is 0 Å². The van der Waals surface area contributed by atoms with Gasteiger partial charge in [0.15, 0.2) is 0 Å². The molecule has 2 unspecified atom stereocenters. The normalized spacial score (nSPS) is 17.8. The Balaban J connectivity index is 1.39. The van der Waals surface area contributed by atoms with Crippen molar-refractivity contribution in [3.8, 4) is 22.3 Å². The number of fused-ring (bicyclic) bond motifs is 4. The van der Waals surface area contributed by atoms with Crippen molar-refractivity contribution in [2.45, 2.75) is 60.9 Å². The zero-order chi connectivity index (χ0) is 35.7. The average molecular weight is 802 g/mol. The molecule has 0 bridgehead atoms. The monoisotopic (exact) mass is 799 g/mol. The molecular formula is C47H47Cl2SiZr. The maximum atomic E-state index is 8.88. The quantitative estimate of drug-likeness (QED) is 0.135. The Bertz CT molecular complexity index is 2410. The van der Waals surface area contributed by atoms with Gasteiger partial charge in [-0.3, -0.25) is 0 Å². The summed E-state index contributed by atoms with van der Waals surface area (Å²) in [5, 5.41) is 5.10. The van der Waals surface area contributed by atoms with E-state index in [4.69, 9.17) is 17.0 Å². The van der Waals surface area contributed by atoms with E-state index in [9.17, 15) is 0 Å². The molecule has 6 aromatic rings. The van der Waals surface area contributed by atoms with Gasteiger partial charge in [0.1, 0.15) is 0 Å². The standard InChI is InChI=1S/C23H21.C22H19.C2H7Si.2ClH.Zr/c1-3-7-17-14-22-16(2)12-13-21(23(22)15-17)20-11-6-9-18-8-4-5-10-19(18)20;1-15(2)18-13-17-9-6-12-21(22(17)14-18)20-11-5-8-16-7-3-4-10-19(16)20;1-3-2;;;/h4-6,8-15H,3,7H2,1-2H3;3-15H,1-2H3;3H,1-2H3;2*1H;/q;;;;;+2/p-2. The van der Waals surface area contributed by atoms with Gasteiger partial charge in [0.05, 0.1) is 0 Å². The van der Waals surface area contributed by atoms with Crippen LogP contribution in [0.1, 0.15) is 68.7 Å². The molecule has 257 valence electrons. The summed E-state index contributed by atoms with van der Waals surface area (Å²) >= 11 is -4.97. The third kappa shape index (κ3) is 5.38. The molecule has 0 heterocycles. The number of hydrogen-bond donors (Lipinski definition) is 0. The average Bonchev–Trinajstić information content (AvgIpc) is 3.73. The molecule has 0 spiro atoms. The van der Waals surface area contributed by atoms with Crippen LogP contribution in [0.4, 0.5) is 0 Å². The minimum atomic E-state index is -4.97. The Morgan fingerprint density at radius 2 is 1.18 bits per heavy atom. The molecule has 2 aliphatic rings. The van der Waals surface area contributed by atoms with Crippen LogP contribution in [0, 0.1) is 12.8 Å². The molecule has 2 atom stereocenters. The van der Waals surface area contributed by atoms with E-state index in [0.29, 0.717) is 5.92 Å². The van der Waals surface area contributed by atoms with Crippen LogP contribution >= 0.6 is 17.0 Å². The molecule has 0 aliphatic heterocycles. The fourth-order valence-corrected chi connectivity index (χ4v) is 41.2. The molecule has 2 aliphatic carbocycles. The van der Waals surface area contributed by atoms with Crippen LogP contribution in [0.3, 0.4) is 0 Å². The molecule has 8 rings (SSSR count). The SMILES string of the molecule is CCCC1=Cc2c(-c3cccc4ccccc34)ccc(C)c2[CH]1[Zr]([Cl])([Cl])([CH]1C(C(C)C)=Cc2c(-c3cccc4ccccc34)cccc21)[SiH](C)C. The number of halogens is 2. The molecule has 0 nitrogen and oxygen atoms in total. The van der Waals surface area contributed by atoms with Crippen LogP contribution in [0.2, 0.25) is 13.1 Å². The van der Waals surface area contributed by atoms with Crippen LogP contribution in [-0.2, 0) is 15.6 Å². The predicted octanol–water partition coefficient (Wildman–Crippen LogP) is 14.6. The van der Waals surface area contributed by atoms with E-state index in [1.165, 1.54) is 82.8 Å². The summed E-state index contributed by atoms with van der Waals surface area (Å²) in [5.74, 6) is -1.38. The first-order valence-electron chi connectivity index (χ1n) is 18.8. The van der Waals surface area contributed by atoms with Crippen molar-refractivity contribution >= 4 is 56.6 Å². The van der Waals surface area contributed by atoms with E-state index >= 15 is 0 Å². The van der Waals surface area contributed by atoms with E-state index in [1.807, 2.05) is 0 Å². The molecule has 0 saturated heterocycles. The van der Waals surface area contributed by atoms with E-state index in [1.54, 1.807) is 0 Å². The van der Waals surface area contributed by atoms with Gasteiger partial charge in [-0.15, -0.1) is 0 Å². The van der Waals surface area contributed by atoms with Gasteiger partial charge in [-0.25, -0.2) is 0 Å². The first-order valence-corrected chi connectivity index (χ1v) is 35.1. The summed E-state index contributed by atoms with van der Waals surface area (Å²) in [6.07, 6.45) is 7.12. The van der Waals surface area contributed by atoms with Gasteiger partial charge in [0.25, 0.3) is 0 Å². The first kappa shape index (κ1) is 35.1. The van der Waals surface area contributed by atoms with Crippen LogP contribution in [0.25, 0.3) is 56.0 Å². The van der Waals surface area contributed by atoms with Gasteiger partial charge in [0.2, 0.25) is 0 Å². The van der Waals surface area contributed by atoms with Crippen LogP contribution in [0.5, 0.6) is 0 Å². The van der Waals surface area contributed by atoms with Crippen molar-refractivity contribution in [3.05, 3.63) is 154 Å². The van der Waals surface area contributed by atoms with Crippen LogP contribution in [0.15, 0.2) is 126 Å². The maximum absolute atomic E-state index is 8.88. The summed E-state index contributed by atoms with van der Waals surface area (Å²) in [6.45, 7) is 14.3. The molecule has 0 N–H and O–H groups in total. The minimum absolute atomic E-state index is 0.0585. The van der Waals surface area contributed by atoms with Crippen molar-refractivity contribution in [1.29, 1.82) is 0 Å². The summed E-state index contributed by atoms with van der Waals surface area (Å²) in [4.78, 5) is 0. The molecule has 0 radical (unpaired) electrons. The first-order chi connectivity index (χ1) is 24.5. The molecule has 6 aromatic carbocycles. The van der Waals surface area contributed by atoms with Crippen molar-refractivity contribution in [2.24, 2.45) is 5.92 Å². The number of allylic oxidation sites excluding steroid dienone is 2.